The summed E-state index contributed by atoms with van der Waals surface area (Å²) in [6.07, 6.45) is -4.53. The summed E-state index contributed by atoms with van der Waals surface area (Å²) in [4.78, 5) is 11.3. The Kier molecular flexibility index (Phi) is 3.68. The topological polar surface area (TPSA) is 47.8 Å². The van der Waals surface area contributed by atoms with E-state index in [2.05, 4.69) is 26.2 Å². The van der Waals surface area contributed by atoms with Crippen LogP contribution in [-0.2, 0) is 6.18 Å². The van der Waals surface area contributed by atoms with Gasteiger partial charge in [0.15, 0.2) is 11.5 Å². The first-order valence-electron chi connectivity index (χ1n) is 5.52. The van der Waals surface area contributed by atoms with Crippen LogP contribution in [0.1, 0.15) is 28.7 Å². The number of nitrogens with zero attached hydrogens (tertiary/aromatic N) is 3. The van der Waals surface area contributed by atoms with Crippen molar-refractivity contribution in [2.24, 2.45) is 0 Å². The summed E-state index contributed by atoms with van der Waals surface area (Å²) >= 11 is 3.01. The highest BCUT2D eigenvalue weighted by Gasteiger charge is 2.35. The smallest absolute Gasteiger partial charge is 0.293 e. The van der Waals surface area contributed by atoms with Crippen molar-refractivity contribution in [1.82, 2.24) is 15.0 Å². The molecule has 0 spiro atoms. The monoisotopic (exact) mass is 347 g/mol. The molecule has 0 amide bonds. The average Bonchev–Trinajstić information content (AvgIpc) is 2.70. The van der Waals surface area contributed by atoms with Crippen molar-refractivity contribution >= 4 is 21.7 Å². The number of benzene rings is 1. The van der Waals surface area contributed by atoms with E-state index in [0.29, 0.717) is 4.47 Å². The summed E-state index contributed by atoms with van der Waals surface area (Å²) in [5.41, 5.74) is -0.695. The van der Waals surface area contributed by atoms with Crippen LogP contribution in [0.5, 0.6) is 0 Å². The van der Waals surface area contributed by atoms with Crippen LogP contribution in [-0.4, -0.2) is 20.8 Å². The van der Waals surface area contributed by atoms with Gasteiger partial charge in [-0.1, -0.05) is 21.1 Å². The molecule has 2 aromatic rings. The van der Waals surface area contributed by atoms with Gasteiger partial charge >= 0.3 is 6.18 Å². The molecule has 106 valence electrons. The minimum atomic E-state index is -4.53. The highest BCUT2D eigenvalue weighted by Crippen LogP contribution is 2.35. The molecular weight excluding hydrogens is 339 g/mol. The van der Waals surface area contributed by atoms with E-state index in [9.17, 15) is 18.0 Å². The molecule has 0 bridgehead atoms. The fourth-order valence-corrected chi connectivity index (χ4v) is 2.16. The van der Waals surface area contributed by atoms with Crippen LogP contribution in [0.2, 0.25) is 0 Å². The maximum atomic E-state index is 13.1. The van der Waals surface area contributed by atoms with E-state index in [1.54, 1.807) is 0 Å². The fraction of sp³-hybridized carbons (Fsp3) is 0.250. The zero-order valence-corrected chi connectivity index (χ0v) is 12.1. The number of carbonyl (C=O) groups is 1. The highest BCUT2D eigenvalue weighted by atomic mass is 79.9. The van der Waals surface area contributed by atoms with E-state index in [1.807, 2.05) is 0 Å². The van der Waals surface area contributed by atoms with E-state index in [-0.39, 0.29) is 22.9 Å². The third-order valence-corrected chi connectivity index (χ3v) is 3.21. The quantitative estimate of drug-likeness (QED) is 0.780. The minimum Gasteiger partial charge on any atom is -0.293 e. The summed E-state index contributed by atoms with van der Waals surface area (Å²) in [5.74, 6) is -0.348. The molecule has 1 aromatic heterocycles. The second-order valence-corrected chi connectivity index (χ2v) is 5.07. The van der Waals surface area contributed by atoms with E-state index in [1.165, 1.54) is 26.0 Å². The van der Waals surface area contributed by atoms with Crippen LogP contribution in [0.25, 0.3) is 5.69 Å². The number of Topliss-reactive ketones (excluding diaryl/α,β-unsaturated/α-hetero) is 1. The Morgan fingerprint density at radius 1 is 1.35 bits per heavy atom. The van der Waals surface area contributed by atoms with Crippen molar-refractivity contribution in [3.05, 3.63) is 39.6 Å². The normalized spacial score (nSPS) is 11.7. The highest BCUT2D eigenvalue weighted by molar-refractivity contribution is 9.10. The molecule has 0 aliphatic rings. The predicted molar refractivity (Wildman–Crippen MR) is 68.8 cm³/mol. The van der Waals surface area contributed by atoms with Crippen LogP contribution >= 0.6 is 15.9 Å². The summed E-state index contributed by atoms with van der Waals surface area (Å²) in [5, 5.41) is 7.26. The molecule has 0 saturated carbocycles. The molecule has 0 saturated heterocycles. The van der Waals surface area contributed by atoms with Crippen molar-refractivity contribution in [2.75, 3.05) is 0 Å². The van der Waals surface area contributed by atoms with Crippen molar-refractivity contribution < 1.29 is 18.0 Å². The van der Waals surface area contributed by atoms with E-state index in [0.717, 1.165) is 10.7 Å². The second kappa shape index (κ2) is 5.01. The van der Waals surface area contributed by atoms with Crippen LogP contribution in [0, 0.1) is 6.92 Å². The molecule has 0 unspecified atom stereocenters. The first-order valence-corrected chi connectivity index (χ1v) is 6.31. The molecule has 20 heavy (non-hydrogen) atoms. The van der Waals surface area contributed by atoms with Gasteiger partial charge in [-0.05, 0) is 25.1 Å². The standard InChI is InChI=1S/C12H9BrF3N3O/c1-6-11(7(2)20)17-18-19(6)10-4-3-8(13)5-9(10)12(14,15)16/h3-5H,1-2H3. The molecule has 2 rings (SSSR count). The Morgan fingerprint density at radius 3 is 2.50 bits per heavy atom. The van der Waals surface area contributed by atoms with Crippen molar-refractivity contribution in [3.8, 4) is 5.69 Å². The molecule has 1 heterocycles. The summed E-state index contributed by atoms with van der Waals surface area (Å²) in [7, 11) is 0. The maximum Gasteiger partial charge on any atom is 0.418 e. The van der Waals surface area contributed by atoms with E-state index in [4.69, 9.17) is 0 Å². The van der Waals surface area contributed by atoms with Gasteiger partial charge in [0.25, 0.3) is 0 Å². The lowest BCUT2D eigenvalue weighted by Gasteiger charge is -2.13. The molecule has 4 nitrogen and oxygen atoms in total. The number of hydrogen-bond acceptors (Lipinski definition) is 3. The SMILES string of the molecule is CC(=O)c1nnn(-c2ccc(Br)cc2C(F)(F)F)c1C. The Morgan fingerprint density at radius 2 is 2.00 bits per heavy atom. The number of ketones is 1. The predicted octanol–water partition coefficient (Wildman–Crippen LogP) is 3.56. The number of aromatic nitrogens is 3. The van der Waals surface area contributed by atoms with Crippen LogP contribution in [0.3, 0.4) is 0 Å². The summed E-state index contributed by atoms with van der Waals surface area (Å²) in [6.45, 7) is 2.78. The molecule has 0 aliphatic heterocycles. The number of halogens is 4. The van der Waals surface area contributed by atoms with Crippen LogP contribution in [0.15, 0.2) is 22.7 Å². The average molecular weight is 348 g/mol. The van der Waals surface area contributed by atoms with Gasteiger partial charge in [-0.25, -0.2) is 4.68 Å². The molecule has 0 atom stereocenters. The lowest BCUT2D eigenvalue weighted by atomic mass is 10.1. The first kappa shape index (κ1) is 14.7. The van der Waals surface area contributed by atoms with E-state index >= 15 is 0 Å². The molecule has 1 aromatic carbocycles. The Hall–Kier alpha value is -1.70. The lowest BCUT2D eigenvalue weighted by Crippen LogP contribution is -2.12. The van der Waals surface area contributed by atoms with Gasteiger partial charge in [-0.2, -0.15) is 13.2 Å². The van der Waals surface area contributed by atoms with Crippen LogP contribution < -0.4 is 0 Å². The second-order valence-electron chi connectivity index (χ2n) is 4.15. The maximum absolute atomic E-state index is 13.1. The molecule has 0 fully saturated rings. The zero-order valence-electron chi connectivity index (χ0n) is 10.5. The molecule has 0 radical (unpaired) electrons. The third kappa shape index (κ3) is 2.60. The summed E-state index contributed by atoms with van der Waals surface area (Å²) < 4.78 is 40.5. The lowest BCUT2D eigenvalue weighted by molar-refractivity contribution is -0.137. The van der Waals surface area contributed by atoms with Gasteiger partial charge in [0.1, 0.15) is 0 Å². The van der Waals surface area contributed by atoms with Crippen molar-refractivity contribution in [1.29, 1.82) is 0 Å². The number of hydrogen-bond donors (Lipinski definition) is 0. The first-order chi connectivity index (χ1) is 9.21. The Bertz CT molecular complexity index is 679. The Labute approximate surface area is 120 Å². The van der Waals surface area contributed by atoms with Crippen molar-refractivity contribution in [2.45, 2.75) is 20.0 Å². The van der Waals surface area contributed by atoms with Crippen molar-refractivity contribution in [3.63, 3.8) is 0 Å². The van der Waals surface area contributed by atoms with Gasteiger partial charge in [0, 0.05) is 11.4 Å². The largest absolute Gasteiger partial charge is 0.418 e. The van der Waals surface area contributed by atoms with Gasteiger partial charge < -0.3 is 0 Å². The van der Waals surface area contributed by atoms with Gasteiger partial charge in [-0.3, -0.25) is 4.79 Å². The van der Waals surface area contributed by atoms with E-state index < -0.39 is 11.7 Å². The molecule has 0 aliphatic carbocycles. The van der Waals surface area contributed by atoms with Gasteiger partial charge in [0.05, 0.1) is 16.9 Å². The molecule has 0 N–H and O–H groups in total. The van der Waals surface area contributed by atoms with Crippen LogP contribution in [0.4, 0.5) is 13.2 Å². The minimum absolute atomic E-state index is 0.0565. The Balaban J connectivity index is 2.68. The number of carbonyl (C=O) groups excluding carboxylic acids is 1. The number of rotatable bonds is 2. The third-order valence-electron chi connectivity index (χ3n) is 2.72. The zero-order chi connectivity index (χ0) is 15.1. The summed E-state index contributed by atoms with van der Waals surface area (Å²) in [6, 6.07) is 3.71. The molecule has 8 heteroatoms. The van der Waals surface area contributed by atoms with Gasteiger partial charge in [-0.15, -0.1) is 5.10 Å². The molecular formula is C12H9BrF3N3O. The fourth-order valence-electron chi connectivity index (χ4n) is 1.80. The number of alkyl halides is 3. The van der Waals surface area contributed by atoms with Gasteiger partial charge in [0.2, 0.25) is 0 Å².